The smallest absolute Gasteiger partial charge is 0.237 e. The second kappa shape index (κ2) is 10.6. The molecule has 8 nitrogen and oxygen atoms in total. The molecule has 3 heterocycles. The van der Waals surface area contributed by atoms with Crippen molar-refractivity contribution < 1.29 is 14.0 Å². The standard InChI is InChI=1S/C23H29N5O3S/c29-21(24-12-16-5-2-1-3-6-16)9-8-18-13-25-22(30)20-11-17(15-28(18)20)27-23(32)26-14-19-7-4-10-31-19/h1-7,10,17-18,20H,8-9,11-15H2,(H,24,29)(H,25,30)(H2,26,27,32)/t17-,18+,20-/m0/s1. The summed E-state index contributed by atoms with van der Waals surface area (Å²) in [7, 11) is 0. The molecule has 9 heteroatoms. The monoisotopic (exact) mass is 455 g/mol. The highest BCUT2D eigenvalue weighted by molar-refractivity contribution is 7.80. The number of furan rings is 1. The lowest BCUT2D eigenvalue weighted by Gasteiger charge is -2.37. The van der Waals surface area contributed by atoms with E-state index in [4.69, 9.17) is 16.6 Å². The number of nitrogens with one attached hydrogen (secondary N) is 4. The summed E-state index contributed by atoms with van der Waals surface area (Å²) in [6, 6.07) is 13.6. The fraction of sp³-hybridized carbons (Fsp3) is 0.435. The Morgan fingerprint density at radius 1 is 1.16 bits per heavy atom. The molecule has 170 valence electrons. The number of carbonyl (C=O) groups is 2. The van der Waals surface area contributed by atoms with Crippen LogP contribution in [0.4, 0.5) is 0 Å². The van der Waals surface area contributed by atoms with Gasteiger partial charge < -0.3 is 25.7 Å². The topological polar surface area (TPSA) is 98.6 Å². The van der Waals surface area contributed by atoms with Crippen LogP contribution >= 0.6 is 12.2 Å². The molecule has 2 fully saturated rings. The number of carbonyl (C=O) groups excluding carboxylic acids is 2. The second-order valence-corrected chi connectivity index (χ2v) is 8.66. The van der Waals surface area contributed by atoms with Crippen molar-refractivity contribution in [2.45, 2.75) is 50.5 Å². The maximum Gasteiger partial charge on any atom is 0.237 e. The summed E-state index contributed by atoms with van der Waals surface area (Å²) in [6.07, 6.45) is 3.44. The van der Waals surface area contributed by atoms with Gasteiger partial charge in [-0.2, -0.15) is 0 Å². The minimum atomic E-state index is -0.188. The molecular weight excluding hydrogens is 426 g/mol. The summed E-state index contributed by atoms with van der Waals surface area (Å²) in [5.74, 6) is 0.885. The average molecular weight is 456 g/mol. The molecule has 4 N–H and O–H groups in total. The van der Waals surface area contributed by atoms with E-state index < -0.39 is 0 Å². The van der Waals surface area contributed by atoms with Gasteiger partial charge in [-0.05, 0) is 42.8 Å². The van der Waals surface area contributed by atoms with Crippen molar-refractivity contribution in [3.63, 3.8) is 0 Å². The van der Waals surface area contributed by atoms with Crippen LogP contribution in [0.1, 0.15) is 30.6 Å². The first-order valence-corrected chi connectivity index (χ1v) is 11.4. The Kier molecular flexibility index (Phi) is 7.39. The van der Waals surface area contributed by atoms with Gasteiger partial charge in [0.25, 0.3) is 0 Å². The van der Waals surface area contributed by atoms with Gasteiger partial charge >= 0.3 is 0 Å². The molecule has 2 amide bonds. The maximum atomic E-state index is 12.4. The van der Waals surface area contributed by atoms with E-state index in [-0.39, 0.29) is 29.9 Å². The van der Waals surface area contributed by atoms with Gasteiger partial charge in [0.2, 0.25) is 11.8 Å². The molecule has 0 bridgehead atoms. The van der Waals surface area contributed by atoms with Crippen molar-refractivity contribution in [3.05, 3.63) is 60.1 Å². The van der Waals surface area contributed by atoms with Gasteiger partial charge in [-0.1, -0.05) is 30.3 Å². The first kappa shape index (κ1) is 22.3. The molecule has 0 saturated carbocycles. The second-order valence-electron chi connectivity index (χ2n) is 8.25. The third-order valence-corrected chi connectivity index (χ3v) is 6.26. The number of rotatable bonds is 8. The molecule has 1 aromatic carbocycles. The number of hydrogen-bond donors (Lipinski definition) is 4. The van der Waals surface area contributed by atoms with Crippen LogP contribution < -0.4 is 21.3 Å². The third kappa shape index (κ3) is 5.86. The zero-order chi connectivity index (χ0) is 22.3. The first-order chi connectivity index (χ1) is 15.6. The summed E-state index contributed by atoms with van der Waals surface area (Å²) in [5, 5.41) is 13.0. The molecule has 0 spiro atoms. The minimum absolute atomic E-state index is 0.0273. The van der Waals surface area contributed by atoms with Gasteiger partial charge in [-0.25, -0.2) is 0 Å². The molecule has 1 aromatic heterocycles. The summed E-state index contributed by atoms with van der Waals surface area (Å²) in [5.41, 5.74) is 1.08. The van der Waals surface area contributed by atoms with Gasteiger partial charge in [0.05, 0.1) is 18.8 Å². The Morgan fingerprint density at radius 3 is 2.78 bits per heavy atom. The fourth-order valence-corrected chi connectivity index (χ4v) is 4.59. The van der Waals surface area contributed by atoms with E-state index in [1.54, 1.807) is 6.26 Å². The highest BCUT2D eigenvalue weighted by Crippen LogP contribution is 2.25. The quantitative estimate of drug-likeness (QED) is 0.445. The van der Waals surface area contributed by atoms with E-state index in [2.05, 4.69) is 26.2 Å². The van der Waals surface area contributed by atoms with Crippen molar-refractivity contribution in [1.29, 1.82) is 0 Å². The number of fused-ring (bicyclic) bond motifs is 1. The summed E-state index contributed by atoms with van der Waals surface area (Å²) < 4.78 is 5.30. The van der Waals surface area contributed by atoms with Crippen LogP contribution in [0.2, 0.25) is 0 Å². The molecule has 4 rings (SSSR count). The van der Waals surface area contributed by atoms with Crippen LogP contribution in [0.3, 0.4) is 0 Å². The number of benzene rings is 1. The summed E-state index contributed by atoms with van der Waals surface area (Å²) >= 11 is 5.41. The number of piperazine rings is 1. The average Bonchev–Trinajstić information content (AvgIpc) is 3.47. The van der Waals surface area contributed by atoms with Crippen LogP contribution in [-0.2, 0) is 22.7 Å². The van der Waals surface area contributed by atoms with Crippen LogP contribution in [-0.4, -0.2) is 53.0 Å². The maximum absolute atomic E-state index is 12.4. The lowest BCUT2D eigenvalue weighted by Crippen LogP contribution is -2.58. The van der Waals surface area contributed by atoms with E-state index in [9.17, 15) is 9.59 Å². The number of nitrogens with zero attached hydrogens (tertiary/aromatic N) is 1. The van der Waals surface area contributed by atoms with Crippen molar-refractivity contribution in [1.82, 2.24) is 26.2 Å². The predicted molar refractivity (Wildman–Crippen MR) is 125 cm³/mol. The van der Waals surface area contributed by atoms with Gasteiger partial charge in [-0.3, -0.25) is 14.5 Å². The lowest BCUT2D eigenvalue weighted by atomic mass is 10.0. The molecule has 3 atom stereocenters. The van der Waals surface area contributed by atoms with Crippen molar-refractivity contribution in [2.75, 3.05) is 13.1 Å². The number of thiocarbonyl (C=S) groups is 1. The van der Waals surface area contributed by atoms with Crippen LogP contribution in [0.5, 0.6) is 0 Å². The van der Waals surface area contributed by atoms with Crippen LogP contribution in [0, 0.1) is 0 Å². The Bertz CT molecular complexity index is 921. The molecule has 0 radical (unpaired) electrons. The van der Waals surface area contributed by atoms with E-state index in [0.717, 1.165) is 17.9 Å². The highest BCUT2D eigenvalue weighted by Gasteiger charge is 2.43. The van der Waals surface area contributed by atoms with Gasteiger partial charge in [0, 0.05) is 38.1 Å². The van der Waals surface area contributed by atoms with Gasteiger partial charge in [0.15, 0.2) is 5.11 Å². The van der Waals surface area contributed by atoms with Gasteiger partial charge in [0.1, 0.15) is 5.76 Å². The van der Waals surface area contributed by atoms with E-state index in [0.29, 0.717) is 44.0 Å². The Morgan fingerprint density at radius 2 is 2.00 bits per heavy atom. The van der Waals surface area contributed by atoms with E-state index in [1.807, 2.05) is 42.5 Å². The molecule has 2 aliphatic heterocycles. The normalized spacial score (nSPS) is 22.6. The third-order valence-electron chi connectivity index (χ3n) is 6.00. The largest absolute Gasteiger partial charge is 0.467 e. The van der Waals surface area contributed by atoms with Crippen molar-refractivity contribution in [2.24, 2.45) is 0 Å². The Labute approximate surface area is 193 Å². The Hall–Kier alpha value is -2.91. The zero-order valence-electron chi connectivity index (χ0n) is 17.9. The predicted octanol–water partition coefficient (Wildman–Crippen LogP) is 1.28. The zero-order valence-corrected chi connectivity index (χ0v) is 18.7. The van der Waals surface area contributed by atoms with Crippen LogP contribution in [0.15, 0.2) is 53.1 Å². The molecule has 2 saturated heterocycles. The molecular formula is C23H29N5O3S. The SMILES string of the molecule is O=C(CC[C@@H]1CNC(=O)[C@@H]2C[C@H](NC(=S)NCc3ccco3)CN12)NCc1ccccc1. The summed E-state index contributed by atoms with van der Waals surface area (Å²) in [6.45, 7) is 2.33. The molecule has 2 aliphatic rings. The molecule has 2 aromatic rings. The number of amides is 2. The highest BCUT2D eigenvalue weighted by atomic mass is 32.1. The molecule has 0 aliphatic carbocycles. The van der Waals surface area contributed by atoms with Crippen molar-refractivity contribution in [3.8, 4) is 0 Å². The lowest BCUT2D eigenvalue weighted by molar-refractivity contribution is -0.129. The summed E-state index contributed by atoms with van der Waals surface area (Å²) in [4.78, 5) is 27.0. The van der Waals surface area contributed by atoms with E-state index in [1.165, 1.54) is 0 Å². The van der Waals surface area contributed by atoms with Crippen LogP contribution in [0.25, 0.3) is 0 Å². The first-order valence-electron chi connectivity index (χ1n) is 11.0. The minimum Gasteiger partial charge on any atom is -0.467 e. The van der Waals surface area contributed by atoms with Crippen molar-refractivity contribution >= 4 is 29.1 Å². The number of hydrogen-bond acceptors (Lipinski definition) is 5. The van der Waals surface area contributed by atoms with Gasteiger partial charge in [-0.15, -0.1) is 0 Å². The Balaban J connectivity index is 1.23. The fourth-order valence-electron chi connectivity index (χ4n) is 4.35. The molecule has 32 heavy (non-hydrogen) atoms. The van der Waals surface area contributed by atoms with E-state index >= 15 is 0 Å². The molecule has 0 unspecified atom stereocenters.